The van der Waals surface area contributed by atoms with Crippen LogP contribution in [-0.2, 0) is 14.3 Å². The first kappa shape index (κ1) is 11.3. The van der Waals surface area contributed by atoms with Gasteiger partial charge in [0.25, 0.3) is 0 Å². The number of halogens is 1. The number of alkyl halides is 1. The number of hydrogen-bond donors (Lipinski definition) is 0. The molecule has 0 N–H and O–H groups in total. The number of thioether (sulfide) groups is 1. The molecular weight excluding hydrogens is 209 g/mol. The molecule has 1 heterocycles. The maximum atomic E-state index is 13.4. The number of amides is 1. The zero-order valence-corrected chi connectivity index (χ0v) is 9.01. The molecule has 1 amide bonds. The summed E-state index contributed by atoms with van der Waals surface area (Å²) in [5.41, 5.74) is -1.43. The van der Waals surface area contributed by atoms with Crippen molar-refractivity contribution in [1.82, 2.24) is 4.90 Å². The summed E-state index contributed by atoms with van der Waals surface area (Å²) < 4.78 is 17.9. The Morgan fingerprint density at radius 1 is 1.64 bits per heavy atom. The Labute approximate surface area is 85.8 Å². The Bertz CT molecular complexity index is 259. The van der Waals surface area contributed by atoms with Crippen LogP contribution in [0.2, 0.25) is 0 Å². The summed E-state index contributed by atoms with van der Waals surface area (Å²) in [4.78, 5) is 22.4. The highest BCUT2D eigenvalue weighted by molar-refractivity contribution is 8.01. The summed E-state index contributed by atoms with van der Waals surface area (Å²) in [6.07, 6.45) is 0.480. The largest absolute Gasteiger partial charge is 0.467 e. The lowest BCUT2D eigenvalue weighted by Gasteiger charge is -2.28. The molecule has 1 aliphatic heterocycles. The molecule has 0 spiro atoms. The number of methoxy groups -OCH3 is 1. The van der Waals surface area contributed by atoms with E-state index >= 15 is 0 Å². The number of ether oxygens (including phenoxy) is 1. The van der Waals surface area contributed by atoms with Gasteiger partial charge in [0.05, 0.1) is 12.0 Å². The summed E-state index contributed by atoms with van der Waals surface area (Å²) in [7, 11) is 1.17. The van der Waals surface area contributed by atoms with Gasteiger partial charge in [0.1, 0.15) is 0 Å². The Balaban J connectivity index is 2.94. The van der Waals surface area contributed by atoms with Crippen LogP contribution in [0.4, 0.5) is 4.39 Å². The van der Waals surface area contributed by atoms with Crippen molar-refractivity contribution >= 4 is 24.1 Å². The van der Waals surface area contributed by atoms with E-state index in [1.54, 1.807) is 13.8 Å². The van der Waals surface area contributed by atoms with E-state index in [1.807, 2.05) is 0 Å². The quantitative estimate of drug-likeness (QED) is 0.510. The van der Waals surface area contributed by atoms with Crippen LogP contribution >= 0.6 is 11.8 Å². The maximum Gasteiger partial charge on any atom is 0.332 e. The first-order valence-electron chi connectivity index (χ1n) is 4.07. The van der Waals surface area contributed by atoms with Crippen molar-refractivity contribution < 1.29 is 18.7 Å². The van der Waals surface area contributed by atoms with Gasteiger partial charge in [-0.15, -0.1) is 0 Å². The van der Waals surface area contributed by atoms with Crippen LogP contribution in [0.15, 0.2) is 0 Å². The van der Waals surface area contributed by atoms with E-state index in [4.69, 9.17) is 0 Å². The van der Waals surface area contributed by atoms with Crippen LogP contribution in [0.3, 0.4) is 0 Å². The van der Waals surface area contributed by atoms with Gasteiger partial charge in [0, 0.05) is 0 Å². The molecule has 1 unspecified atom stereocenters. The molecule has 0 aromatic carbocycles. The third-order valence-corrected chi connectivity index (χ3v) is 3.40. The molecule has 2 atom stereocenters. The second kappa shape index (κ2) is 3.76. The second-order valence-corrected chi connectivity index (χ2v) is 5.08. The molecule has 14 heavy (non-hydrogen) atoms. The molecule has 1 fully saturated rings. The molecule has 0 aromatic heterocycles. The minimum Gasteiger partial charge on any atom is -0.467 e. The van der Waals surface area contributed by atoms with Crippen molar-refractivity contribution in [1.29, 1.82) is 0 Å². The fourth-order valence-electron chi connectivity index (χ4n) is 1.40. The van der Waals surface area contributed by atoms with Crippen molar-refractivity contribution in [3.63, 3.8) is 0 Å². The highest BCUT2D eigenvalue weighted by atomic mass is 32.2. The van der Waals surface area contributed by atoms with Crippen molar-refractivity contribution in [2.75, 3.05) is 7.11 Å². The predicted molar refractivity (Wildman–Crippen MR) is 50.3 cm³/mol. The first-order valence-corrected chi connectivity index (χ1v) is 4.95. The van der Waals surface area contributed by atoms with Gasteiger partial charge in [-0.3, -0.25) is 4.79 Å². The molecule has 0 radical (unpaired) electrons. The van der Waals surface area contributed by atoms with E-state index in [-0.39, 0.29) is 0 Å². The third kappa shape index (κ3) is 1.70. The molecule has 1 rings (SSSR count). The zero-order chi connectivity index (χ0) is 10.9. The Morgan fingerprint density at radius 3 is 2.64 bits per heavy atom. The van der Waals surface area contributed by atoms with Gasteiger partial charge in [0.2, 0.25) is 6.41 Å². The van der Waals surface area contributed by atoms with E-state index in [1.165, 1.54) is 7.11 Å². The van der Waals surface area contributed by atoms with E-state index in [2.05, 4.69) is 4.74 Å². The summed E-state index contributed by atoms with van der Waals surface area (Å²) in [6.45, 7) is 3.36. The summed E-state index contributed by atoms with van der Waals surface area (Å²) in [6, 6.07) is -1.13. The summed E-state index contributed by atoms with van der Waals surface area (Å²) in [5.74, 6) is -0.720. The molecule has 0 bridgehead atoms. The van der Waals surface area contributed by atoms with Crippen LogP contribution in [0.5, 0.6) is 0 Å². The van der Waals surface area contributed by atoms with Crippen LogP contribution < -0.4 is 0 Å². The van der Waals surface area contributed by atoms with Gasteiger partial charge < -0.3 is 9.64 Å². The van der Waals surface area contributed by atoms with Gasteiger partial charge in [-0.05, 0) is 13.8 Å². The number of esters is 1. The minimum absolute atomic E-state index is 0.480. The van der Waals surface area contributed by atoms with Gasteiger partial charge in [-0.1, -0.05) is 11.8 Å². The average Bonchev–Trinajstić information content (AvgIpc) is 2.33. The predicted octanol–water partition coefficient (Wildman–Crippen LogP) is 0.765. The monoisotopic (exact) mass is 221 g/mol. The molecule has 0 aliphatic carbocycles. The molecule has 4 nitrogen and oxygen atoms in total. The Hall–Kier alpha value is -0.780. The number of nitrogens with zero attached hydrogens (tertiary/aromatic N) is 1. The van der Waals surface area contributed by atoms with E-state index in [0.717, 1.165) is 16.7 Å². The third-order valence-electron chi connectivity index (χ3n) is 2.13. The SMILES string of the molecule is COC(=O)[C@@H]1C(F)SC(C)(C)N1C=O. The molecular formula is C8H12FNO3S. The number of rotatable bonds is 2. The number of carbonyl (C=O) groups is 2. The van der Waals surface area contributed by atoms with Gasteiger partial charge in [-0.25, -0.2) is 9.18 Å². The van der Waals surface area contributed by atoms with Crippen LogP contribution in [0.25, 0.3) is 0 Å². The summed E-state index contributed by atoms with van der Waals surface area (Å²) in [5, 5.41) is 0. The van der Waals surface area contributed by atoms with Crippen molar-refractivity contribution in [3.8, 4) is 0 Å². The van der Waals surface area contributed by atoms with Gasteiger partial charge in [0.15, 0.2) is 11.5 Å². The minimum atomic E-state index is -1.43. The Morgan fingerprint density at radius 2 is 2.21 bits per heavy atom. The lowest BCUT2D eigenvalue weighted by molar-refractivity contribution is -0.151. The van der Waals surface area contributed by atoms with Crippen molar-refractivity contribution in [2.24, 2.45) is 0 Å². The van der Waals surface area contributed by atoms with E-state index in [0.29, 0.717) is 6.41 Å². The number of hydrogen-bond acceptors (Lipinski definition) is 4. The standard InChI is InChI=1S/C8H12FNO3S/c1-8(2)10(4-11)5(6(9)14-8)7(12)13-3/h4-6H,1-3H3/t5-,6?/m0/s1. The highest BCUT2D eigenvalue weighted by Gasteiger charge is 2.51. The molecule has 1 aliphatic rings. The van der Waals surface area contributed by atoms with Gasteiger partial charge >= 0.3 is 5.97 Å². The topological polar surface area (TPSA) is 46.6 Å². The van der Waals surface area contributed by atoms with E-state index in [9.17, 15) is 14.0 Å². The Kier molecular flexibility index (Phi) is 3.04. The molecule has 6 heteroatoms. The maximum absolute atomic E-state index is 13.4. The smallest absolute Gasteiger partial charge is 0.332 e. The normalized spacial score (nSPS) is 30.1. The number of carbonyl (C=O) groups excluding carboxylic acids is 2. The molecule has 80 valence electrons. The molecule has 1 saturated heterocycles. The van der Waals surface area contributed by atoms with Crippen LogP contribution in [0.1, 0.15) is 13.8 Å². The molecule has 0 saturated carbocycles. The molecule has 0 aromatic rings. The van der Waals surface area contributed by atoms with Gasteiger partial charge in [-0.2, -0.15) is 0 Å². The van der Waals surface area contributed by atoms with Crippen molar-refractivity contribution in [2.45, 2.75) is 30.3 Å². The first-order chi connectivity index (χ1) is 6.44. The van der Waals surface area contributed by atoms with E-state index < -0.39 is 22.4 Å². The average molecular weight is 221 g/mol. The summed E-state index contributed by atoms with van der Waals surface area (Å²) >= 11 is 0.934. The lowest BCUT2D eigenvalue weighted by Crippen LogP contribution is -2.46. The fraction of sp³-hybridized carbons (Fsp3) is 0.750. The van der Waals surface area contributed by atoms with Crippen LogP contribution in [-0.4, -0.2) is 40.8 Å². The second-order valence-electron chi connectivity index (χ2n) is 3.40. The van der Waals surface area contributed by atoms with Crippen molar-refractivity contribution in [3.05, 3.63) is 0 Å². The highest BCUT2D eigenvalue weighted by Crippen LogP contribution is 2.43. The zero-order valence-electron chi connectivity index (χ0n) is 8.19. The lowest BCUT2D eigenvalue weighted by atomic mass is 10.2. The van der Waals surface area contributed by atoms with Crippen LogP contribution in [0, 0.1) is 0 Å². The fourth-order valence-corrected chi connectivity index (χ4v) is 2.60.